The summed E-state index contributed by atoms with van der Waals surface area (Å²) in [6, 6.07) is 6.62. The van der Waals surface area contributed by atoms with Crippen LogP contribution in [0.1, 0.15) is 50.7 Å². The van der Waals surface area contributed by atoms with Crippen LogP contribution in [0.15, 0.2) is 41.6 Å². The highest BCUT2D eigenvalue weighted by atomic mass is 32.2. The molecule has 38 heavy (non-hydrogen) atoms. The Kier molecular flexibility index (Phi) is 10.3. The Morgan fingerprint density at radius 1 is 1.03 bits per heavy atom. The van der Waals surface area contributed by atoms with Gasteiger partial charge in [0.05, 0.1) is 4.90 Å². The maximum absolute atomic E-state index is 13.2. The molecule has 3 N–H and O–H groups in total. The van der Waals surface area contributed by atoms with Gasteiger partial charge in [-0.15, -0.1) is 0 Å². The van der Waals surface area contributed by atoms with Crippen LogP contribution in [-0.4, -0.2) is 84.4 Å². The first-order chi connectivity index (χ1) is 18.1. The first-order valence-electron chi connectivity index (χ1n) is 13.3. The summed E-state index contributed by atoms with van der Waals surface area (Å²) in [5.74, 6) is 0.533. The average molecular weight is 544 g/mol. The number of nitrogens with one attached hydrogen (secondary N) is 1. The standard InChI is InChI=1S/C25H35N7O3S.C2H6/c1-30(2)36(34,35)22-5-3-4-21(14-22)23(26)19-8-12-32(13-9-19)24(33)20-6-10-31(11-7-20)17-18-15-28-25(27)29-16-18;1-2/h3-5,14-16,19-20,26H,6-13,17H2,1-2H3,(H2,27,28,29);1-2H3. The van der Waals surface area contributed by atoms with Gasteiger partial charge >= 0.3 is 0 Å². The van der Waals surface area contributed by atoms with Gasteiger partial charge in [-0.25, -0.2) is 22.7 Å². The highest BCUT2D eigenvalue weighted by Crippen LogP contribution is 2.27. The van der Waals surface area contributed by atoms with E-state index in [4.69, 9.17) is 11.1 Å². The molecular weight excluding hydrogens is 502 g/mol. The molecule has 0 atom stereocenters. The number of sulfonamides is 1. The van der Waals surface area contributed by atoms with Gasteiger partial charge in [-0.2, -0.15) is 0 Å². The van der Waals surface area contributed by atoms with Gasteiger partial charge in [-0.3, -0.25) is 9.69 Å². The Labute approximate surface area is 226 Å². The van der Waals surface area contributed by atoms with Crippen molar-refractivity contribution in [3.63, 3.8) is 0 Å². The van der Waals surface area contributed by atoms with Crippen molar-refractivity contribution in [1.29, 1.82) is 5.41 Å². The zero-order valence-corrected chi connectivity index (χ0v) is 23.7. The molecule has 1 amide bonds. The molecule has 1 aromatic heterocycles. The molecule has 2 aromatic rings. The summed E-state index contributed by atoms with van der Waals surface area (Å²) in [4.78, 5) is 25.7. The Morgan fingerprint density at radius 3 is 2.18 bits per heavy atom. The molecule has 0 aliphatic carbocycles. The number of hydrogen-bond acceptors (Lipinski definition) is 8. The second-order valence-corrected chi connectivity index (χ2v) is 12.0. The molecule has 2 aliphatic heterocycles. The van der Waals surface area contributed by atoms with Gasteiger partial charge in [0.25, 0.3) is 0 Å². The Bertz CT molecular complexity index is 1190. The van der Waals surface area contributed by atoms with Crippen LogP contribution in [0.4, 0.5) is 5.95 Å². The minimum absolute atomic E-state index is 0.00957. The zero-order valence-electron chi connectivity index (χ0n) is 22.9. The number of nitrogens with two attached hydrogens (primary N) is 1. The number of hydrogen-bond donors (Lipinski definition) is 2. The van der Waals surface area contributed by atoms with Crippen LogP contribution >= 0.6 is 0 Å². The topological polar surface area (TPSA) is 137 Å². The number of rotatable bonds is 7. The van der Waals surface area contributed by atoms with Gasteiger partial charge in [-0.1, -0.05) is 26.0 Å². The van der Waals surface area contributed by atoms with Crippen molar-refractivity contribution in [2.24, 2.45) is 11.8 Å². The van der Waals surface area contributed by atoms with Gasteiger partial charge in [0.1, 0.15) is 0 Å². The molecule has 10 nitrogen and oxygen atoms in total. The van der Waals surface area contributed by atoms with Crippen LogP contribution < -0.4 is 5.73 Å². The van der Waals surface area contributed by atoms with Crippen molar-refractivity contribution in [1.82, 2.24) is 24.1 Å². The van der Waals surface area contributed by atoms with E-state index in [2.05, 4.69) is 14.9 Å². The third kappa shape index (κ3) is 7.15. The lowest BCUT2D eigenvalue weighted by molar-refractivity contribution is -0.138. The minimum Gasteiger partial charge on any atom is -0.368 e. The SMILES string of the molecule is CC.CN(C)S(=O)(=O)c1cccc(C(=N)C2CCN(C(=O)C3CCN(Cc4cnc(N)nc4)CC3)CC2)c1. The van der Waals surface area contributed by atoms with Crippen LogP contribution in [0.3, 0.4) is 0 Å². The first-order valence-corrected chi connectivity index (χ1v) is 14.8. The van der Waals surface area contributed by atoms with Gasteiger partial charge in [0.2, 0.25) is 21.9 Å². The van der Waals surface area contributed by atoms with Crippen LogP contribution in [0, 0.1) is 17.2 Å². The van der Waals surface area contributed by atoms with Crippen molar-refractivity contribution in [2.75, 3.05) is 46.0 Å². The van der Waals surface area contributed by atoms with E-state index < -0.39 is 10.0 Å². The molecule has 0 bridgehead atoms. The van der Waals surface area contributed by atoms with Gasteiger partial charge < -0.3 is 16.0 Å². The minimum atomic E-state index is -3.55. The molecular formula is C27H41N7O3S. The van der Waals surface area contributed by atoms with Crippen molar-refractivity contribution in [3.8, 4) is 0 Å². The second kappa shape index (κ2) is 13.3. The number of likely N-dealkylation sites (tertiary alicyclic amines) is 2. The fraction of sp³-hybridized carbons (Fsp3) is 0.556. The molecule has 2 aliphatic rings. The Morgan fingerprint density at radius 2 is 1.61 bits per heavy atom. The molecule has 0 saturated carbocycles. The highest BCUT2D eigenvalue weighted by Gasteiger charge is 2.32. The number of carbonyl (C=O) groups excluding carboxylic acids is 1. The maximum Gasteiger partial charge on any atom is 0.242 e. The second-order valence-electron chi connectivity index (χ2n) is 9.83. The monoisotopic (exact) mass is 543 g/mol. The van der Waals surface area contributed by atoms with E-state index >= 15 is 0 Å². The molecule has 208 valence electrons. The average Bonchev–Trinajstić information content (AvgIpc) is 2.95. The quantitative estimate of drug-likeness (QED) is 0.512. The highest BCUT2D eigenvalue weighted by molar-refractivity contribution is 7.89. The molecule has 0 radical (unpaired) electrons. The van der Waals surface area contributed by atoms with Crippen LogP contribution in [0.25, 0.3) is 0 Å². The van der Waals surface area contributed by atoms with Crippen molar-refractivity contribution < 1.29 is 13.2 Å². The van der Waals surface area contributed by atoms with Gasteiger partial charge in [0, 0.05) is 69.2 Å². The van der Waals surface area contributed by atoms with E-state index in [-0.39, 0.29) is 28.6 Å². The normalized spacial score (nSPS) is 17.7. The molecule has 4 rings (SSSR count). The number of benzene rings is 1. The lowest BCUT2D eigenvalue weighted by Crippen LogP contribution is -2.46. The molecule has 2 saturated heterocycles. The smallest absolute Gasteiger partial charge is 0.242 e. The molecule has 3 heterocycles. The fourth-order valence-corrected chi connectivity index (χ4v) is 5.91. The third-order valence-electron chi connectivity index (χ3n) is 7.21. The summed E-state index contributed by atoms with van der Waals surface area (Å²) in [7, 11) is -0.553. The van der Waals surface area contributed by atoms with E-state index in [0.717, 1.165) is 38.0 Å². The van der Waals surface area contributed by atoms with E-state index in [9.17, 15) is 13.2 Å². The lowest BCUT2D eigenvalue weighted by atomic mass is 9.87. The number of nitrogen functional groups attached to an aromatic ring is 1. The largest absolute Gasteiger partial charge is 0.368 e. The lowest BCUT2D eigenvalue weighted by Gasteiger charge is -2.37. The fourth-order valence-electron chi connectivity index (χ4n) is 4.96. The predicted molar refractivity (Wildman–Crippen MR) is 149 cm³/mol. The number of aromatic nitrogens is 2. The summed E-state index contributed by atoms with van der Waals surface area (Å²) >= 11 is 0. The number of carbonyl (C=O) groups is 1. The summed E-state index contributed by atoms with van der Waals surface area (Å²) in [5.41, 5.74) is 7.64. The molecule has 2 fully saturated rings. The Hall–Kier alpha value is -2.89. The summed E-state index contributed by atoms with van der Waals surface area (Å²) < 4.78 is 26.1. The molecule has 0 spiro atoms. The van der Waals surface area contributed by atoms with Crippen molar-refractivity contribution in [3.05, 3.63) is 47.8 Å². The first kappa shape index (κ1) is 29.7. The van der Waals surface area contributed by atoms with E-state index in [1.54, 1.807) is 36.7 Å². The summed E-state index contributed by atoms with van der Waals surface area (Å²) in [6.45, 7) is 7.73. The van der Waals surface area contributed by atoms with Crippen LogP contribution in [0.2, 0.25) is 0 Å². The third-order valence-corrected chi connectivity index (χ3v) is 9.02. The van der Waals surface area contributed by atoms with E-state index in [0.29, 0.717) is 37.2 Å². The summed E-state index contributed by atoms with van der Waals surface area (Å²) in [6.07, 6.45) is 6.59. The number of anilines is 1. The van der Waals surface area contributed by atoms with Crippen molar-refractivity contribution in [2.45, 2.75) is 51.0 Å². The van der Waals surface area contributed by atoms with Crippen LogP contribution in [-0.2, 0) is 21.4 Å². The van der Waals surface area contributed by atoms with Gasteiger partial charge in [-0.05, 0) is 56.5 Å². The van der Waals surface area contributed by atoms with Crippen molar-refractivity contribution >= 4 is 27.6 Å². The maximum atomic E-state index is 13.2. The number of nitrogens with zero attached hydrogens (tertiary/aromatic N) is 5. The molecule has 1 aromatic carbocycles. The van der Waals surface area contributed by atoms with E-state index in [1.807, 2.05) is 18.7 Å². The van der Waals surface area contributed by atoms with E-state index in [1.165, 1.54) is 18.4 Å². The number of piperidine rings is 2. The molecule has 0 unspecified atom stereocenters. The molecule has 11 heteroatoms. The number of amides is 1. The van der Waals surface area contributed by atoms with Gasteiger partial charge in [0.15, 0.2) is 0 Å². The summed E-state index contributed by atoms with van der Waals surface area (Å²) in [5, 5.41) is 8.69. The Balaban J connectivity index is 0.00000195. The predicted octanol–water partition coefficient (Wildman–Crippen LogP) is 2.85. The van der Waals surface area contributed by atoms with Crippen LogP contribution in [0.5, 0.6) is 0 Å². The zero-order chi connectivity index (χ0) is 27.9.